The fraction of sp³-hybridized carbons (Fsp3) is 0. The maximum atomic E-state index is 5.06. The van der Waals surface area contributed by atoms with Crippen molar-refractivity contribution in [2.45, 2.75) is 0 Å². The van der Waals surface area contributed by atoms with E-state index in [-0.39, 0.29) is 0 Å². The second-order valence-electron chi connectivity index (χ2n) is 12.9. The molecule has 3 aromatic heterocycles. The number of hydrogen-bond acceptors (Lipinski definition) is 5. The molecule has 10 rings (SSSR count). The van der Waals surface area contributed by atoms with Crippen LogP contribution in [0.2, 0.25) is 0 Å². The van der Waals surface area contributed by atoms with Crippen molar-refractivity contribution in [2.75, 3.05) is 0 Å². The van der Waals surface area contributed by atoms with Gasteiger partial charge in [0.1, 0.15) is 0 Å². The first-order valence-electron chi connectivity index (χ1n) is 17.3. The van der Waals surface area contributed by atoms with Crippen molar-refractivity contribution in [1.82, 2.24) is 24.9 Å². The summed E-state index contributed by atoms with van der Waals surface area (Å²) in [6.45, 7) is 0. The third-order valence-electron chi connectivity index (χ3n) is 9.93. The Kier molecular flexibility index (Phi) is 7.07. The smallest absolute Gasteiger partial charge is 0.164 e. The first-order chi connectivity index (χ1) is 25.8. The molecule has 7 aromatic carbocycles. The lowest BCUT2D eigenvalue weighted by molar-refractivity contribution is 1.07. The van der Waals surface area contributed by atoms with Crippen LogP contribution >= 0.6 is 0 Å². The molecule has 0 amide bonds. The number of fused-ring (bicyclic) bond motifs is 7. The quantitative estimate of drug-likeness (QED) is 0.171. The molecular weight excluding hydrogens is 635 g/mol. The molecule has 0 saturated carbocycles. The first-order valence-corrected chi connectivity index (χ1v) is 17.3. The van der Waals surface area contributed by atoms with Crippen molar-refractivity contribution in [1.29, 1.82) is 0 Å². The van der Waals surface area contributed by atoms with E-state index in [0.717, 1.165) is 33.4 Å². The molecule has 3 heterocycles. The fourth-order valence-corrected chi connectivity index (χ4v) is 7.55. The summed E-state index contributed by atoms with van der Waals surface area (Å²) >= 11 is 0. The number of aromatic nitrogens is 5. The van der Waals surface area contributed by atoms with Gasteiger partial charge in [0, 0.05) is 41.5 Å². The Morgan fingerprint density at radius 1 is 0.288 bits per heavy atom. The van der Waals surface area contributed by atoms with Gasteiger partial charge in [0.2, 0.25) is 0 Å². The van der Waals surface area contributed by atoms with Gasteiger partial charge in [0.05, 0.1) is 0 Å². The van der Waals surface area contributed by atoms with Crippen LogP contribution in [0.3, 0.4) is 0 Å². The van der Waals surface area contributed by atoms with Crippen molar-refractivity contribution in [3.63, 3.8) is 0 Å². The van der Waals surface area contributed by atoms with Crippen LogP contribution in [0.15, 0.2) is 176 Å². The molecule has 0 saturated heterocycles. The lowest BCUT2D eigenvalue weighted by Crippen LogP contribution is -2.01. The zero-order valence-corrected chi connectivity index (χ0v) is 28.0. The summed E-state index contributed by atoms with van der Waals surface area (Å²) in [6.07, 6.45) is 7.04. The Balaban J connectivity index is 1.28. The molecule has 0 fully saturated rings. The Bertz CT molecular complexity index is 2850. The van der Waals surface area contributed by atoms with Gasteiger partial charge in [0.15, 0.2) is 17.5 Å². The molecular formula is C47H29N5. The summed E-state index contributed by atoms with van der Waals surface area (Å²) in [7, 11) is 0. The molecule has 0 spiro atoms. The highest BCUT2D eigenvalue weighted by Crippen LogP contribution is 2.45. The molecule has 0 radical (unpaired) electrons. The molecule has 5 nitrogen and oxygen atoms in total. The average molecular weight is 664 g/mol. The van der Waals surface area contributed by atoms with Crippen molar-refractivity contribution < 1.29 is 0 Å². The van der Waals surface area contributed by atoms with Gasteiger partial charge in [-0.05, 0) is 95.7 Å². The van der Waals surface area contributed by atoms with E-state index in [2.05, 4.69) is 137 Å². The van der Waals surface area contributed by atoms with Crippen LogP contribution in [0, 0.1) is 0 Å². The Labute approximate surface area is 300 Å². The molecule has 0 N–H and O–H groups in total. The van der Waals surface area contributed by atoms with Gasteiger partial charge in [-0.25, -0.2) is 15.0 Å². The van der Waals surface area contributed by atoms with Crippen LogP contribution in [0.25, 0.3) is 99.5 Å². The van der Waals surface area contributed by atoms with Crippen LogP contribution in [0.4, 0.5) is 0 Å². The number of pyridine rings is 2. The van der Waals surface area contributed by atoms with Gasteiger partial charge in [-0.15, -0.1) is 0 Å². The molecule has 10 aromatic rings. The predicted octanol–water partition coefficient (Wildman–Crippen LogP) is 11.6. The Morgan fingerprint density at radius 3 is 1.38 bits per heavy atom. The van der Waals surface area contributed by atoms with Gasteiger partial charge in [-0.3, -0.25) is 9.97 Å². The van der Waals surface area contributed by atoms with E-state index in [1.807, 2.05) is 24.3 Å². The van der Waals surface area contributed by atoms with Gasteiger partial charge in [-0.2, -0.15) is 0 Å². The molecule has 5 heteroatoms. The van der Waals surface area contributed by atoms with E-state index >= 15 is 0 Å². The monoisotopic (exact) mass is 663 g/mol. The summed E-state index contributed by atoms with van der Waals surface area (Å²) < 4.78 is 0. The first kappa shape index (κ1) is 29.8. The maximum Gasteiger partial charge on any atom is 0.164 e. The normalized spacial score (nSPS) is 11.5. The lowest BCUT2D eigenvalue weighted by Gasteiger charge is -2.18. The highest BCUT2D eigenvalue weighted by atomic mass is 15.0. The average Bonchev–Trinajstić information content (AvgIpc) is 3.23. The minimum Gasteiger partial charge on any atom is -0.265 e. The van der Waals surface area contributed by atoms with Crippen LogP contribution in [-0.4, -0.2) is 24.9 Å². The van der Waals surface area contributed by atoms with Crippen LogP contribution in [0.1, 0.15) is 0 Å². The van der Waals surface area contributed by atoms with Crippen molar-refractivity contribution >= 4 is 43.1 Å². The Morgan fingerprint density at radius 2 is 0.750 bits per heavy atom. The van der Waals surface area contributed by atoms with E-state index in [4.69, 9.17) is 15.0 Å². The van der Waals surface area contributed by atoms with Gasteiger partial charge in [-0.1, -0.05) is 121 Å². The third kappa shape index (κ3) is 4.98. The van der Waals surface area contributed by atoms with Crippen LogP contribution in [0.5, 0.6) is 0 Å². The maximum absolute atomic E-state index is 5.06. The largest absolute Gasteiger partial charge is 0.265 e. The molecule has 0 aliphatic heterocycles. The minimum atomic E-state index is 0.586. The second kappa shape index (κ2) is 12.3. The van der Waals surface area contributed by atoms with Crippen molar-refractivity contribution in [3.05, 3.63) is 176 Å². The zero-order valence-electron chi connectivity index (χ0n) is 28.0. The van der Waals surface area contributed by atoms with Crippen LogP contribution in [-0.2, 0) is 0 Å². The third-order valence-corrected chi connectivity index (χ3v) is 9.93. The number of nitrogens with zero attached hydrogens (tertiary/aromatic N) is 5. The minimum absolute atomic E-state index is 0.586. The highest BCUT2D eigenvalue weighted by Gasteiger charge is 2.19. The standard InChI is InChI=1S/C47H29N5/c1-2-11-34-30(9-1)10-7-16-35(34)43-29-33(47-51-45(31-21-25-48-26-22-31)50-46(52-47)32-23-27-49-28-24-32)19-20-39(43)42-18-8-17-41-38-13-4-3-12-36(38)37-14-5-6-15-40(37)44(41)42/h1-29H. The molecule has 0 bridgehead atoms. The summed E-state index contributed by atoms with van der Waals surface area (Å²) in [5, 5.41) is 9.85. The van der Waals surface area contributed by atoms with E-state index < -0.39 is 0 Å². The van der Waals surface area contributed by atoms with Gasteiger partial charge in [0.25, 0.3) is 0 Å². The summed E-state index contributed by atoms with van der Waals surface area (Å²) in [5.74, 6) is 1.76. The van der Waals surface area contributed by atoms with Crippen molar-refractivity contribution in [2.24, 2.45) is 0 Å². The van der Waals surface area contributed by atoms with E-state index in [1.54, 1.807) is 24.8 Å². The lowest BCUT2D eigenvalue weighted by atomic mass is 9.85. The molecule has 0 atom stereocenters. The van der Waals surface area contributed by atoms with E-state index in [0.29, 0.717) is 17.5 Å². The second-order valence-corrected chi connectivity index (χ2v) is 12.9. The molecule has 0 aliphatic rings. The zero-order chi connectivity index (χ0) is 34.4. The summed E-state index contributed by atoms with van der Waals surface area (Å²) in [6, 6.07) is 53.7. The van der Waals surface area contributed by atoms with Crippen LogP contribution < -0.4 is 0 Å². The highest BCUT2D eigenvalue weighted by molar-refractivity contribution is 6.28. The summed E-state index contributed by atoms with van der Waals surface area (Å²) in [4.78, 5) is 23.4. The molecule has 242 valence electrons. The summed E-state index contributed by atoms with van der Waals surface area (Å²) in [5.41, 5.74) is 7.22. The number of benzene rings is 7. The number of hydrogen-bond donors (Lipinski definition) is 0. The topological polar surface area (TPSA) is 64.5 Å². The van der Waals surface area contributed by atoms with Gasteiger partial charge < -0.3 is 0 Å². The van der Waals surface area contributed by atoms with E-state index in [9.17, 15) is 0 Å². The Hall–Kier alpha value is -7.11. The fourth-order valence-electron chi connectivity index (χ4n) is 7.55. The van der Waals surface area contributed by atoms with Gasteiger partial charge >= 0.3 is 0 Å². The number of rotatable bonds is 5. The molecule has 52 heavy (non-hydrogen) atoms. The molecule has 0 unspecified atom stereocenters. The van der Waals surface area contributed by atoms with E-state index in [1.165, 1.54) is 48.7 Å². The molecule has 0 aliphatic carbocycles. The SMILES string of the molecule is c1ccc2c(-c3cc(-c4nc(-c5ccncc5)nc(-c5ccncc5)n4)ccc3-c3cccc4c5ccccc5c5ccccc5c34)cccc2c1. The van der Waals surface area contributed by atoms with Crippen molar-refractivity contribution in [3.8, 4) is 56.4 Å². The predicted molar refractivity (Wildman–Crippen MR) is 213 cm³/mol.